The Morgan fingerprint density at radius 3 is 2.04 bits per heavy atom. The van der Waals surface area contributed by atoms with E-state index in [0.717, 1.165) is 43.2 Å². The molecule has 50 heavy (non-hydrogen) atoms. The van der Waals surface area contributed by atoms with E-state index in [1.807, 2.05) is 0 Å². The van der Waals surface area contributed by atoms with Crippen LogP contribution in [0.25, 0.3) is 0 Å². The summed E-state index contributed by atoms with van der Waals surface area (Å²) in [5, 5.41) is 7.29. The second-order valence-electron chi connectivity index (χ2n) is 11.3. The van der Waals surface area contributed by atoms with Gasteiger partial charge in [-0.1, -0.05) is 0 Å². The Morgan fingerprint density at radius 1 is 0.840 bits per heavy atom. The average Bonchev–Trinajstić information content (AvgIpc) is 3.06. The molecule has 2 aromatic carbocycles. The minimum atomic E-state index is -2.10. The molecule has 274 valence electrons. The van der Waals surface area contributed by atoms with Crippen LogP contribution in [0.15, 0.2) is 48.5 Å². The molecular formula is C34H42AsCl2FN2O10. The molecule has 0 saturated carbocycles. The number of carbonyl (C=O) groups is 5. The smallest absolute Gasteiger partial charge is 0.303 e. The maximum Gasteiger partial charge on any atom is 0.303 e. The van der Waals surface area contributed by atoms with Gasteiger partial charge in [-0.05, 0) is 24.3 Å². The largest absolute Gasteiger partial charge is 0.456 e. The van der Waals surface area contributed by atoms with Crippen molar-refractivity contribution in [2.75, 3.05) is 30.2 Å². The van der Waals surface area contributed by atoms with Gasteiger partial charge in [-0.2, -0.15) is 0 Å². The van der Waals surface area contributed by atoms with Crippen molar-refractivity contribution in [3.8, 4) is 5.75 Å². The summed E-state index contributed by atoms with van der Waals surface area (Å²) >= 11 is 10.7. The molecule has 3 rings (SSSR count). The first-order valence-corrected chi connectivity index (χ1v) is 20.6. The molecule has 5 atom stereocenters. The number of amides is 2. The fourth-order valence-corrected chi connectivity index (χ4v) is 10.8. The summed E-state index contributed by atoms with van der Waals surface area (Å²) in [4.78, 5) is 59.6. The Labute approximate surface area is 305 Å². The minimum Gasteiger partial charge on any atom is -0.456 e. The van der Waals surface area contributed by atoms with Crippen LogP contribution in [0.3, 0.4) is 0 Å². The van der Waals surface area contributed by atoms with E-state index in [2.05, 4.69) is 34.9 Å². The number of nitrogens with one attached hydrogen (secondary N) is 2. The Balaban J connectivity index is 1.48. The first-order chi connectivity index (χ1) is 23.9. The molecule has 0 spiro atoms. The molecule has 1 aliphatic rings. The van der Waals surface area contributed by atoms with Crippen LogP contribution in [0.1, 0.15) is 39.2 Å². The van der Waals surface area contributed by atoms with Gasteiger partial charge >= 0.3 is 170 Å². The number of rotatable bonds is 18. The molecule has 1 aliphatic heterocycles. The second-order valence-corrected chi connectivity index (χ2v) is 17.3. The molecule has 1 fully saturated rings. The summed E-state index contributed by atoms with van der Waals surface area (Å²) in [7, 11) is 0. The van der Waals surface area contributed by atoms with Crippen molar-refractivity contribution < 1.29 is 52.0 Å². The van der Waals surface area contributed by atoms with Gasteiger partial charge in [-0.15, -0.1) is 0 Å². The van der Waals surface area contributed by atoms with Crippen LogP contribution in [0, 0.1) is 0 Å². The molecule has 16 heteroatoms. The first-order valence-electron chi connectivity index (χ1n) is 16.0. The van der Waals surface area contributed by atoms with E-state index >= 15 is 4.39 Å². The summed E-state index contributed by atoms with van der Waals surface area (Å²) in [5.41, 5.74) is 1.51. The molecule has 0 radical (unpaired) electrons. The van der Waals surface area contributed by atoms with Crippen LogP contribution in [0.4, 0.5) is 10.1 Å². The monoisotopic (exact) mass is 802 g/mol. The van der Waals surface area contributed by atoms with Gasteiger partial charge in [0.2, 0.25) is 12.5 Å². The van der Waals surface area contributed by atoms with E-state index in [-0.39, 0.29) is 24.6 Å². The SMILES string of the molecule is CC(=O)OC[C@H]1O[C@@H](Oc2ccc(NC(=O)CNC(=O)CCCc3ccc([As](CCCl)CCCl)cc3)cc2)[C@H](F)[C@@H](OC(C)=O)[C@@H]1OC(C)=O. The standard InChI is InChI=1S/C34H42AsCl2FN2O10/c1-21(41)46-20-28-32(47-22(2)42)33(48-23(3)43)31(38)34(50-28)49-27-13-11-26(12-14-27)40-30(45)19-39-29(44)6-4-5-24-7-9-25(10-8-24)35(15-17-36)16-18-37/h7-14,28,31-34H,4-6,15-20H2,1-3H3,(H,39,44)(H,40,45)/t28-,31-,32-,33-,34-/m1/s1. The number of halogens is 3. The molecule has 2 aromatic rings. The van der Waals surface area contributed by atoms with E-state index in [1.54, 1.807) is 0 Å². The van der Waals surface area contributed by atoms with Crippen molar-refractivity contribution in [3.05, 3.63) is 54.1 Å². The Hall–Kier alpha value is -3.38. The number of alkyl halides is 3. The number of anilines is 1. The summed E-state index contributed by atoms with van der Waals surface area (Å²) in [6, 6.07) is 14.3. The topological polar surface area (TPSA) is 156 Å². The van der Waals surface area contributed by atoms with Crippen molar-refractivity contribution in [1.29, 1.82) is 0 Å². The van der Waals surface area contributed by atoms with Crippen LogP contribution < -0.4 is 19.7 Å². The van der Waals surface area contributed by atoms with Gasteiger partial charge in [-0.3, -0.25) is 14.4 Å². The summed E-state index contributed by atoms with van der Waals surface area (Å²) < 4.78 is 43.5. The average molecular weight is 804 g/mol. The summed E-state index contributed by atoms with van der Waals surface area (Å²) in [6.07, 6.45) is -6.36. The third-order valence-corrected chi connectivity index (χ3v) is 14.2. The van der Waals surface area contributed by atoms with Gasteiger partial charge in [0.15, 0.2) is 12.2 Å². The molecular weight excluding hydrogens is 761 g/mol. The van der Waals surface area contributed by atoms with Gasteiger partial charge in [0.1, 0.15) is 18.5 Å². The Kier molecular flexibility index (Phi) is 17.3. The van der Waals surface area contributed by atoms with Crippen molar-refractivity contribution in [3.63, 3.8) is 0 Å². The second kappa shape index (κ2) is 21.1. The van der Waals surface area contributed by atoms with Gasteiger partial charge in [-0.25, -0.2) is 4.39 Å². The third kappa shape index (κ3) is 13.7. The zero-order chi connectivity index (χ0) is 36.6. The number of esters is 3. The molecule has 1 heterocycles. The number of carbonyl (C=O) groups excluding carboxylic acids is 5. The summed E-state index contributed by atoms with van der Waals surface area (Å²) in [6.45, 7) is 2.64. The quantitative estimate of drug-likeness (QED) is 0.0985. The van der Waals surface area contributed by atoms with Gasteiger partial charge in [0.25, 0.3) is 0 Å². The van der Waals surface area contributed by atoms with Crippen molar-refractivity contribution in [1.82, 2.24) is 5.32 Å². The van der Waals surface area contributed by atoms with E-state index in [9.17, 15) is 24.0 Å². The zero-order valence-corrected chi connectivity index (χ0v) is 31.4. The van der Waals surface area contributed by atoms with Crippen LogP contribution in [-0.2, 0) is 49.3 Å². The number of hydrogen-bond acceptors (Lipinski definition) is 10. The Bertz CT molecular complexity index is 1430. The minimum absolute atomic E-state index is 0.129. The maximum atomic E-state index is 15.6. The molecule has 2 amide bonds. The molecule has 0 aliphatic carbocycles. The van der Waals surface area contributed by atoms with Crippen LogP contribution in [0.5, 0.6) is 5.75 Å². The maximum absolute atomic E-state index is 15.6. The zero-order valence-electron chi connectivity index (χ0n) is 28.0. The van der Waals surface area contributed by atoms with Gasteiger partial charge in [0.05, 0.1) is 0 Å². The van der Waals surface area contributed by atoms with E-state index in [4.69, 9.17) is 46.9 Å². The fraction of sp³-hybridized carbons (Fsp3) is 0.500. The normalized spacial score (nSPS) is 20.0. The molecule has 12 nitrogen and oxygen atoms in total. The van der Waals surface area contributed by atoms with Crippen LogP contribution in [-0.4, -0.2) is 100 Å². The van der Waals surface area contributed by atoms with Crippen molar-refractivity contribution >= 4 is 77.6 Å². The van der Waals surface area contributed by atoms with Gasteiger partial charge < -0.3 is 23.7 Å². The van der Waals surface area contributed by atoms with E-state index in [0.29, 0.717) is 23.9 Å². The number of benzene rings is 2. The number of hydrogen-bond donors (Lipinski definition) is 2. The van der Waals surface area contributed by atoms with Crippen LogP contribution >= 0.6 is 23.2 Å². The third-order valence-electron chi connectivity index (χ3n) is 7.34. The molecule has 1 saturated heterocycles. The predicted octanol–water partition coefficient (Wildman–Crippen LogP) is 3.81. The molecule has 0 aromatic heterocycles. The first kappa shape index (κ1) is 41.0. The Morgan fingerprint density at radius 2 is 1.46 bits per heavy atom. The number of aryl methyl sites for hydroxylation is 1. The van der Waals surface area contributed by atoms with Crippen molar-refractivity contribution in [2.45, 2.75) is 81.2 Å². The van der Waals surface area contributed by atoms with Crippen molar-refractivity contribution in [2.24, 2.45) is 0 Å². The predicted molar refractivity (Wildman–Crippen MR) is 186 cm³/mol. The van der Waals surface area contributed by atoms with Crippen LogP contribution in [0.2, 0.25) is 10.4 Å². The van der Waals surface area contributed by atoms with E-state index < -0.39 is 75.8 Å². The molecule has 0 bridgehead atoms. The number of ether oxygens (including phenoxy) is 5. The van der Waals surface area contributed by atoms with E-state index in [1.165, 1.54) is 28.6 Å². The molecule has 2 N–H and O–H groups in total. The summed E-state index contributed by atoms with van der Waals surface area (Å²) in [5.74, 6) is -1.59. The molecule has 0 unspecified atom stereocenters. The fourth-order valence-electron chi connectivity index (χ4n) is 5.08. The van der Waals surface area contributed by atoms with Gasteiger partial charge in [0, 0.05) is 26.5 Å².